The highest BCUT2D eigenvalue weighted by molar-refractivity contribution is 8.01. The van der Waals surface area contributed by atoms with E-state index >= 15 is 0 Å². The highest BCUT2D eigenvalue weighted by atomic mass is 32.2. The van der Waals surface area contributed by atoms with E-state index in [9.17, 15) is 14.7 Å². The lowest BCUT2D eigenvalue weighted by atomic mass is 9.89. The minimum atomic E-state index is -0.934. The van der Waals surface area contributed by atoms with Gasteiger partial charge < -0.3 is 14.7 Å². The van der Waals surface area contributed by atoms with Gasteiger partial charge in [0.1, 0.15) is 11.8 Å². The molecule has 1 unspecified atom stereocenters. The van der Waals surface area contributed by atoms with Crippen LogP contribution in [0.15, 0.2) is 59.5 Å². The molecular weight excluding hydrogens is 418 g/mol. The van der Waals surface area contributed by atoms with Crippen molar-refractivity contribution in [3.63, 3.8) is 0 Å². The van der Waals surface area contributed by atoms with Crippen molar-refractivity contribution in [1.82, 2.24) is 4.90 Å². The molecule has 1 saturated carbocycles. The van der Waals surface area contributed by atoms with Gasteiger partial charge in [-0.15, -0.1) is 23.5 Å². The summed E-state index contributed by atoms with van der Waals surface area (Å²) in [4.78, 5) is 27.5. The summed E-state index contributed by atoms with van der Waals surface area (Å²) >= 11 is 3.31. The van der Waals surface area contributed by atoms with E-state index in [-0.39, 0.29) is 12.0 Å². The number of hydrogen-bond donors (Lipinski definition) is 1. The van der Waals surface area contributed by atoms with Crippen LogP contribution in [-0.4, -0.2) is 50.9 Å². The Kier molecular flexibility index (Phi) is 6.29. The van der Waals surface area contributed by atoms with Gasteiger partial charge in [0.25, 0.3) is 5.91 Å². The van der Waals surface area contributed by atoms with Crippen LogP contribution in [0.25, 0.3) is 0 Å². The van der Waals surface area contributed by atoms with E-state index in [1.54, 1.807) is 40.6 Å². The first kappa shape index (κ1) is 21.1. The van der Waals surface area contributed by atoms with Crippen molar-refractivity contribution in [1.29, 1.82) is 0 Å². The Bertz CT molecular complexity index is 895. The van der Waals surface area contributed by atoms with Gasteiger partial charge in [-0.1, -0.05) is 18.2 Å². The number of ether oxygens (including phenoxy) is 1. The zero-order chi connectivity index (χ0) is 21.1. The number of rotatable bonds is 5. The molecule has 1 N–H and O–H groups in total. The van der Waals surface area contributed by atoms with Crippen molar-refractivity contribution in [3.05, 3.63) is 60.2 Å². The predicted molar refractivity (Wildman–Crippen MR) is 120 cm³/mol. The van der Waals surface area contributed by atoms with E-state index in [1.807, 2.05) is 36.6 Å². The Balaban J connectivity index is 1.48. The van der Waals surface area contributed by atoms with Gasteiger partial charge in [0.05, 0.1) is 11.0 Å². The molecule has 1 heterocycles. The quantitative estimate of drug-likeness (QED) is 0.672. The fraction of sp³-hybridized carbons (Fsp3) is 0.391. The number of aliphatic carboxylic acids is 1. The Labute approximate surface area is 185 Å². The Morgan fingerprint density at radius 3 is 2.37 bits per heavy atom. The second kappa shape index (κ2) is 8.94. The average Bonchev–Trinajstić information content (AvgIpc) is 3.15. The lowest BCUT2D eigenvalue weighted by molar-refractivity contribution is -0.142. The Hall–Kier alpha value is -2.12. The number of carboxylic acids is 1. The highest BCUT2D eigenvalue weighted by Crippen LogP contribution is 2.50. The summed E-state index contributed by atoms with van der Waals surface area (Å²) in [6, 6.07) is 16.3. The zero-order valence-corrected chi connectivity index (χ0v) is 18.5. The van der Waals surface area contributed by atoms with Crippen molar-refractivity contribution in [2.24, 2.45) is 0 Å². The first-order chi connectivity index (χ1) is 14.5. The van der Waals surface area contributed by atoms with Gasteiger partial charge in [-0.2, -0.15) is 0 Å². The number of carboxylic acid groups (broad SMARTS) is 1. The molecule has 1 aliphatic heterocycles. The number of thioether (sulfide) groups is 2. The van der Waals surface area contributed by atoms with Crippen LogP contribution in [0.3, 0.4) is 0 Å². The van der Waals surface area contributed by atoms with Gasteiger partial charge >= 0.3 is 5.97 Å². The first-order valence-corrected chi connectivity index (χ1v) is 12.3. The molecule has 4 rings (SSSR count). The number of carbonyl (C=O) groups is 2. The first-order valence-electron chi connectivity index (χ1n) is 10.1. The summed E-state index contributed by atoms with van der Waals surface area (Å²) in [7, 11) is 0. The third kappa shape index (κ3) is 4.18. The molecule has 2 aromatic rings. The van der Waals surface area contributed by atoms with Crippen molar-refractivity contribution in [2.75, 3.05) is 12.0 Å². The van der Waals surface area contributed by atoms with Crippen molar-refractivity contribution in [3.8, 4) is 5.75 Å². The molecule has 1 aliphatic carbocycles. The van der Waals surface area contributed by atoms with Crippen molar-refractivity contribution < 1.29 is 19.4 Å². The topological polar surface area (TPSA) is 66.8 Å². The summed E-state index contributed by atoms with van der Waals surface area (Å²) in [6.45, 7) is 0. The molecule has 0 bridgehead atoms. The van der Waals surface area contributed by atoms with Crippen LogP contribution in [0.2, 0.25) is 0 Å². The normalized spacial score (nSPS) is 26.0. The maximum atomic E-state index is 13.3. The molecule has 1 spiro atoms. The molecule has 2 aliphatic rings. The second-order valence-corrected chi connectivity index (χ2v) is 9.91. The smallest absolute Gasteiger partial charge is 0.327 e. The molecule has 0 aromatic heterocycles. The Morgan fingerprint density at radius 2 is 1.77 bits per heavy atom. The van der Waals surface area contributed by atoms with Crippen LogP contribution in [0.1, 0.15) is 36.0 Å². The van der Waals surface area contributed by atoms with E-state index in [0.717, 1.165) is 31.4 Å². The summed E-state index contributed by atoms with van der Waals surface area (Å²) in [5.41, 5.74) is 0.540. The number of hydrogen-bond acceptors (Lipinski definition) is 5. The zero-order valence-electron chi connectivity index (χ0n) is 16.8. The maximum absolute atomic E-state index is 13.3. The minimum Gasteiger partial charge on any atom is -0.490 e. The number of amides is 1. The van der Waals surface area contributed by atoms with Crippen LogP contribution in [0.5, 0.6) is 5.75 Å². The molecule has 5 nitrogen and oxygen atoms in total. The van der Waals surface area contributed by atoms with Crippen molar-refractivity contribution >= 4 is 35.4 Å². The van der Waals surface area contributed by atoms with Gasteiger partial charge in [0, 0.05) is 16.2 Å². The van der Waals surface area contributed by atoms with E-state index in [4.69, 9.17) is 4.74 Å². The molecule has 1 amide bonds. The van der Waals surface area contributed by atoms with Gasteiger partial charge in [-0.25, -0.2) is 4.79 Å². The molecular formula is C23H25NO4S2. The van der Waals surface area contributed by atoms with Crippen LogP contribution >= 0.6 is 23.5 Å². The predicted octanol–water partition coefficient (Wildman–Crippen LogP) is 4.77. The van der Waals surface area contributed by atoms with Crippen molar-refractivity contribution in [2.45, 2.75) is 47.6 Å². The third-order valence-electron chi connectivity index (χ3n) is 5.86. The van der Waals surface area contributed by atoms with Gasteiger partial charge in [-0.3, -0.25) is 4.79 Å². The molecule has 1 saturated heterocycles. The van der Waals surface area contributed by atoms with Crippen LogP contribution in [-0.2, 0) is 4.79 Å². The standard InChI is InChI=1S/C23H25NO4S2/c1-29-19-9-7-17(8-10-19)28-18-11-13-23(14-12-18)24(20(15-30-23)22(26)27)21(25)16-5-3-2-4-6-16/h2-10,18,20H,11-15H2,1H3,(H,26,27). The van der Waals surface area contributed by atoms with Gasteiger partial charge in [0.15, 0.2) is 0 Å². The van der Waals surface area contributed by atoms with E-state index in [0.29, 0.717) is 11.3 Å². The number of benzene rings is 2. The average molecular weight is 444 g/mol. The largest absolute Gasteiger partial charge is 0.490 e. The Morgan fingerprint density at radius 1 is 1.10 bits per heavy atom. The van der Waals surface area contributed by atoms with Crippen LogP contribution in [0.4, 0.5) is 0 Å². The maximum Gasteiger partial charge on any atom is 0.327 e. The summed E-state index contributed by atoms with van der Waals surface area (Å²) < 4.78 is 6.17. The summed E-state index contributed by atoms with van der Waals surface area (Å²) in [6.07, 6.45) is 5.17. The third-order valence-corrected chi connectivity index (χ3v) is 8.23. The number of carbonyl (C=O) groups excluding carboxylic acids is 1. The van der Waals surface area contributed by atoms with E-state index in [2.05, 4.69) is 12.1 Å². The van der Waals surface area contributed by atoms with Crippen LogP contribution in [0, 0.1) is 0 Å². The molecule has 30 heavy (non-hydrogen) atoms. The van der Waals surface area contributed by atoms with E-state index in [1.165, 1.54) is 4.90 Å². The molecule has 1 atom stereocenters. The van der Waals surface area contributed by atoms with E-state index < -0.39 is 16.9 Å². The van der Waals surface area contributed by atoms with Crippen LogP contribution < -0.4 is 4.74 Å². The molecule has 158 valence electrons. The highest BCUT2D eigenvalue weighted by Gasteiger charge is 2.53. The molecule has 2 fully saturated rings. The SMILES string of the molecule is CSc1ccc(OC2CCC3(CC2)SCC(C(=O)O)N3C(=O)c2ccccc2)cc1. The molecule has 2 aromatic carbocycles. The van der Waals surface area contributed by atoms with Gasteiger partial charge in [0.2, 0.25) is 0 Å². The lowest BCUT2D eigenvalue weighted by Gasteiger charge is -2.43. The minimum absolute atomic E-state index is 0.0777. The summed E-state index contributed by atoms with van der Waals surface area (Å²) in [5, 5.41) is 9.75. The number of nitrogens with zero attached hydrogens (tertiary/aromatic N) is 1. The fourth-order valence-corrected chi connectivity index (χ4v) is 6.32. The monoisotopic (exact) mass is 443 g/mol. The summed E-state index contributed by atoms with van der Waals surface area (Å²) in [5.74, 6) is 0.152. The van der Waals surface area contributed by atoms with Gasteiger partial charge in [-0.05, 0) is 68.3 Å². The fourth-order valence-electron chi connectivity index (χ4n) is 4.28. The molecule has 0 radical (unpaired) electrons. The molecule has 7 heteroatoms. The second-order valence-electron chi connectivity index (χ2n) is 7.65. The lowest BCUT2D eigenvalue weighted by Crippen LogP contribution is -2.54.